The average Bonchev–Trinajstić information content (AvgIpc) is 2.86. The maximum atomic E-state index is 4.52. The summed E-state index contributed by atoms with van der Waals surface area (Å²) >= 11 is 0. The highest BCUT2D eigenvalue weighted by atomic mass is 15.2. The van der Waals surface area contributed by atoms with Crippen molar-refractivity contribution >= 4 is 11.5 Å². The molecule has 1 aliphatic carbocycles. The van der Waals surface area contributed by atoms with Gasteiger partial charge in [-0.25, -0.2) is 9.50 Å². The summed E-state index contributed by atoms with van der Waals surface area (Å²) in [5, 5.41) is 7.58. The average molecular weight is 258 g/mol. The zero-order chi connectivity index (χ0) is 13.1. The van der Waals surface area contributed by atoms with E-state index in [1.807, 2.05) is 18.3 Å². The van der Waals surface area contributed by atoms with Crippen LogP contribution in [0.4, 0.5) is 5.82 Å². The summed E-state index contributed by atoms with van der Waals surface area (Å²) in [5.41, 5.74) is 0.899. The molecule has 102 valence electrons. The van der Waals surface area contributed by atoms with Gasteiger partial charge in [0.15, 0.2) is 5.65 Å². The summed E-state index contributed by atoms with van der Waals surface area (Å²) in [7, 11) is 0. The number of nitrogens with zero attached hydrogens (tertiary/aromatic N) is 3. The van der Waals surface area contributed by atoms with Crippen LogP contribution in [0.2, 0.25) is 0 Å². The number of nitrogens with one attached hydrogen (secondary N) is 1. The normalized spacial score (nSPS) is 23.6. The van der Waals surface area contributed by atoms with Crippen LogP contribution in [0.15, 0.2) is 24.5 Å². The summed E-state index contributed by atoms with van der Waals surface area (Å²) in [6, 6.07) is 3.91. The number of hydrogen-bond donors (Lipinski definition) is 1. The molecule has 0 aromatic carbocycles. The van der Waals surface area contributed by atoms with Gasteiger partial charge >= 0.3 is 0 Å². The van der Waals surface area contributed by atoms with Crippen LogP contribution in [0, 0.1) is 11.8 Å². The molecule has 2 atom stereocenters. The monoisotopic (exact) mass is 258 g/mol. The first-order valence-corrected chi connectivity index (χ1v) is 7.35. The van der Waals surface area contributed by atoms with E-state index < -0.39 is 0 Å². The van der Waals surface area contributed by atoms with Crippen LogP contribution in [0.1, 0.15) is 39.0 Å². The molecule has 1 aliphatic rings. The minimum Gasteiger partial charge on any atom is -0.370 e. The molecule has 0 bridgehead atoms. The lowest BCUT2D eigenvalue weighted by Crippen LogP contribution is -2.16. The summed E-state index contributed by atoms with van der Waals surface area (Å²) in [6.07, 6.45) is 10.6. The molecule has 1 saturated carbocycles. The lowest BCUT2D eigenvalue weighted by atomic mass is 9.81. The van der Waals surface area contributed by atoms with Crippen molar-refractivity contribution in [3.8, 4) is 0 Å². The lowest BCUT2D eigenvalue weighted by Gasteiger charge is -2.26. The van der Waals surface area contributed by atoms with Gasteiger partial charge in [-0.05, 0) is 30.7 Å². The molecule has 1 N–H and O–H groups in total. The van der Waals surface area contributed by atoms with Crippen molar-refractivity contribution in [3.05, 3.63) is 24.5 Å². The molecule has 2 unspecified atom stereocenters. The maximum Gasteiger partial charge on any atom is 0.157 e. The molecule has 4 heteroatoms. The van der Waals surface area contributed by atoms with Gasteiger partial charge in [-0.2, -0.15) is 5.10 Å². The van der Waals surface area contributed by atoms with E-state index in [0.29, 0.717) is 0 Å². The Morgan fingerprint density at radius 1 is 1.37 bits per heavy atom. The number of aromatic nitrogens is 3. The van der Waals surface area contributed by atoms with Crippen LogP contribution in [-0.4, -0.2) is 21.1 Å². The Hall–Kier alpha value is -1.58. The summed E-state index contributed by atoms with van der Waals surface area (Å²) in [4.78, 5) is 4.52. The number of fused-ring (bicyclic) bond motifs is 1. The van der Waals surface area contributed by atoms with Crippen LogP contribution in [0.3, 0.4) is 0 Å². The van der Waals surface area contributed by atoms with Gasteiger partial charge in [-0.3, -0.25) is 0 Å². The van der Waals surface area contributed by atoms with Crippen LogP contribution >= 0.6 is 0 Å². The highest BCUT2D eigenvalue weighted by molar-refractivity contribution is 5.45. The molecule has 0 radical (unpaired) electrons. The molecule has 1 fully saturated rings. The predicted octanol–water partition coefficient (Wildman–Crippen LogP) is 3.36. The van der Waals surface area contributed by atoms with E-state index in [-0.39, 0.29) is 0 Å². The Morgan fingerprint density at radius 3 is 3.21 bits per heavy atom. The van der Waals surface area contributed by atoms with Crippen LogP contribution < -0.4 is 5.32 Å². The third-order valence-electron chi connectivity index (χ3n) is 4.16. The number of anilines is 1. The first-order valence-electron chi connectivity index (χ1n) is 7.35. The Morgan fingerprint density at radius 2 is 2.32 bits per heavy atom. The molecule has 0 aliphatic heterocycles. The fourth-order valence-electron chi connectivity index (χ4n) is 3.14. The van der Waals surface area contributed by atoms with Crippen molar-refractivity contribution in [1.29, 1.82) is 0 Å². The highest BCUT2D eigenvalue weighted by Crippen LogP contribution is 2.30. The van der Waals surface area contributed by atoms with Gasteiger partial charge in [0, 0.05) is 18.8 Å². The van der Waals surface area contributed by atoms with E-state index in [9.17, 15) is 0 Å². The molecule has 0 spiro atoms. The fourth-order valence-corrected chi connectivity index (χ4v) is 3.14. The van der Waals surface area contributed by atoms with Crippen LogP contribution in [0.5, 0.6) is 0 Å². The van der Waals surface area contributed by atoms with E-state index in [0.717, 1.165) is 29.8 Å². The van der Waals surface area contributed by atoms with E-state index in [1.165, 1.54) is 32.1 Å². The van der Waals surface area contributed by atoms with E-state index >= 15 is 0 Å². The summed E-state index contributed by atoms with van der Waals surface area (Å²) in [6.45, 7) is 3.41. The van der Waals surface area contributed by atoms with Gasteiger partial charge in [0.1, 0.15) is 5.82 Å². The topological polar surface area (TPSA) is 42.2 Å². The summed E-state index contributed by atoms with van der Waals surface area (Å²) < 4.78 is 1.79. The Labute approximate surface area is 114 Å². The third kappa shape index (κ3) is 3.06. The predicted molar refractivity (Wildman–Crippen MR) is 77.2 cm³/mol. The molecular weight excluding hydrogens is 236 g/mol. The van der Waals surface area contributed by atoms with Crippen molar-refractivity contribution in [2.75, 3.05) is 11.9 Å². The first kappa shape index (κ1) is 12.5. The van der Waals surface area contributed by atoms with Gasteiger partial charge in [0.25, 0.3) is 0 Å². The molecule has 0 amide bonds. The van der Waals surface area contributed by atoms with Crippen molar-refractivity contribution in [2.24, 2.45) is 11.8 Å². The fraction of sp³-hybridized carbons (Fsp3) is 0.600. The zero-order valence-electron chi connectivity index (χ0n) is 11.5. The molecular formula is C15H22N4. The number of rotatable bonds is 4. The maximum absolute atomic E-state index is 4.52. The molecule has 2 aromatic rings. The van der Waals surface area contributed by atoms with Crippen molar-refractivity contribution in [2.45, 2.75) is 39.0 Å². The molecule has 4 nitrogen and oxygen atoms in total. The van der Waals surface area contributed by atoms with Crippen molar-refractivity contribution < 1.29 is 0 Å². The van der Waals surface area contributed by atoms with E-state index in [1.54, 1.807) is 10.7 Å². The standard InChI is InChI=1S/C15H22N4/c1-12-3-2-4-13(11-12)5-8-16-14-7-10-19-15(18-14)6-9-17-19/h6-7,9-10,12-13H,2-5,8,11H2,1H3,(H,16,18). The lowest BCUT2D eigenvalue weighted by molar-refractivity contribution is 0.274. The van der Waals surface area contributed by atoms with Gasteiger partial charge in [-0.15, -0.1) is 0 Å². The van der Waals surface area contributed by atoms with Crippen molar-refractivity contribution in [1.82, 2.24) is 14.6 Å². The summed E-state index contributed by atoms with van der Waals surface area (Å²) in [5.74, 6) is 2.77. The Balaban J connectivity index is 1.51. The van der Waals surface area contributed by atoms with Crippen molar-refractivity contribution in [3.63, 3.8) is 0 Å². The van der Waals surface area contributed by atoms with Gasteiger partial charge in [0.2, 0.25) is 0 Å². The van der Waals surface area contributed by atoms with Gasteiger partial charge < -0.3 is 5.32 Å². The van der Waals surface area contributed by atoms with Gasteiger partial charge in [-0.1, -0.05) is 26.2 Å². The minimum atomic E-state index is 0.898. The largest absolute Gasteiger partial charge is 0.370 e. The highest BCUT2D eigenvalue weighted by Gasteiger charge is 2.18. The minimum absolute atomic E-state index is 0.898. The second-order valence-electron chi connectivity index (χ2n) is 5.80. The van der Waals surface area contributed by atoms with E-state index in [2.05, 4.69) is 22.3 Å². The molecule has 2 heterocycles. The second kappa shape index (κ2) is 5.59. The van der Waals surface area contributed by atoms with E-state index in [4.69, 9.17) is 0 Å². The van der Waals surface area contributed by atoms with Gasteiger partial charge in [0.05, 0.1) is 6.20 Å². The quantitative estimate of drug-likeness (QED) is 0.914. The second-order valence-corrected chi connectivity index (χ2v) is 5.80. The molecule has 19 heavy (non-hydrogen) atoms. The van der Waals surface area contributed by atoms with Crippen LogP contribution in [0.25, 0.3) is 5.65 Å². The molecule has 2 aromatic heterocycles. The number of hydrogen-bond acceptors (Lipinski definition) is 3. The zero-order valence-corrected chi connectivity index (χ0v) is 11.5. The van der Waals surface area contributed by atoms with Crippen LogP contribution in [-0.2, 0) is 0 Å². The SMILES string of the molecule is CC1CCCC(CCNc2ccn3nccc3n2)C1. The molecule has 3 rings (SSSR count). The Kier molecular flexibility index (Phi) is 3.67. The Bertz CT molecular complexity index is 534. The molecule has 0 saturated heterocycles. The smallest absolute Gasteiger partial charge is 0.157 e. The first-order chi connectivity index (χ1) is 9.31. The third-order valence-corrected chi connectivity index (χ3v) is 4.16.